The summed E-state index contributed by atoms with van der Waals surface area (Å²) in [5.41, 5.74) is 3.97. The minimum Gasteiger partial charge on any atom is -0.384 e. The van der Waals surface area contributed by atoms with Gasteiger partial charge in [0.2, 0.25) is 0 Å². The molecule has 3 aromatic heterocycles. The molecular formula is C24H27N5O3S. The largest absolute Gasteiger partial charge is 0.384 e. The van der Waals surface area contributed by atoms with E-state index in [4.69, 9.17) is 4.98 Å². The molecule has 1 saturated heterocycles. The van der Waals surface area contributed by atoms with Crippen LogP contribution >= 0.6 is 11.3 Å². The number of carbonyl (C=O) groups is 2. The number of nitrogens with zero attached hydrogens (tertiary/aromatic N) is 5. The number of aliphatic hydroxyl groups is 1. The Morgan fingerprint density at radius 3 is 2.64 bits per heavy atom. The van der Waals surface area contributed by atoms with Crippen molar-refractivity contribution in [3.63, 3.8) is 0 Å². The quantitative estimate of drug-likeness (QED) is 0.640. The summed E-state index contributed by atoms with van der Waals surface area (Å²) in [5.74, 6) is -0.253. The van der Waals surface area contributed by atoms with E-state index in [0.29, 0.717) is 32.5 Å². The van der Waals surface area contributed by atoms with Gasteiger partial charge in [-0.1, -0.05) is 6.07 Å². The number of likely N-dealkylation sites (tertiary alicyclic amines) is 1. The number of carbonyl (C=O) groups excluding carboxylic acids is 2. The molecule has 8 nitrogen and oxygen atoms in total. The van der Waals surface area contributed by atoms with E-state index in [0.717, 1.165) is 37.6 Å². The monoisotopic (exact) mass is 465 g/mol. The van der Waals surface area contributed by atoms with Gasteiger partial charge in [-0.25, -0.2) is 9.78 Å². The van der Waals surface area contributed by atoms with Gasteiger partial charge in [0.05, 0.1) is 12.2 Å². The van der Waals surface area contributed by atoms with E-state index in [1.807, 2.05) is 37.3 Å². The van der Waals surface area contributed by atoms with Crippen LogP contribution in [0.15, 0.2) is 30.6 Å². The second-order valence-corrected chi connectivity index (χ2v) is 9.92. The first kappa shape index (κ1) is 21.8. The number of aliphatic hydroxyl groups excluding tert-OH is 1. The lowest BCUT2D eigenvalue weighted by Gasteiger charge is -2.43. The van der Waals surface area contributed by atoms with Crippen molar-refractivity contribution in [3.05, 3.63) is 41.9 Å². The first-order valence-corrected chi connectivity index (χ1v) is 12.0. The van der Waals surface area contributed by atoms with E-state index in [9.17, 15) is 14.7 Å². The number of fused-ring (bicyclic) bond motifs is 3. The van der Waals surface area contributed by atoms with Gasteiger partial charge >= 0.3 is 6.03 Å². The number of hydrogen-bond donors (Lipinski definition) is 1. The molecule has 2 aliphatic rings. The fourth-order valence-corrected chi connectivity index (χ4v) is 5.72. The van der Waals surface area contributed by atoms with Crippen molar-refractivity contribution in [2.45, 2.75) is 45.4 Å². The smallest absolute Gasteiger partial charge is 0.324 e. The van der Waals surface area contributed by atoms with Crippen LogP contribution in [-0.2, 0) is 11.3 Å². The topological polar surface area (TPSA) is 89.9 Å². The molecule has 1 atom stereocenters. The maximum atomic E-state index is 13.4. The second kappa shape index (κ2) is 8.39. The maximum absolute atomic E-state index is 13.4. The van der Waals surface area contributed by atoms with Crippen LogP contribution in [-0.4, -0.2) is 69.1 Å². The van der Waals surface area contributed by atoms with Gasteiger partial charge in [-0.05, 0) is 38.8 Å². The van der Waals surface area contributed by atoms with E-state index >= 15 is 0 Å². The van der Waals surface area contributed by atoms with Crippen molar-refractivity contribution in [3.8, 4) is 10.4 Å². The predicted molar refractivity (Wildman–Crippen MR) is 128 cm³/mol. The molecule has 33 heavy (non-hydrogen) atoms. The molecule has 1 N–H and O–H groups in total. The van der Waals surface area contributed by atoms with Gasteiger partial charge in [0.25, 0.3) is 5.91 Å². The zero-order valence-corrected chi connectivity index (χ0v) is 19.8. The number of hydrogen-bond acceptors (Lipinski definition) is 6. The van der Waals surface area contributed by atoms with Crippen molar-refractivity contribution in [2.75, 3.05) is 25.0 Å². The Morgan fingerprint density at radius 1 is 1.21 bits per heavy atom. The van der Waals surface area contributed by atoms with Gasteiger partial charge in [-0.15, -0.1) is 11.3 Å². The molecule has 9 heteroatoms. The number of thiophene rings is 1. The lowest BCUT2D eigenvalue weighted by Crippen LogP contribution is -2.55. The summed E-state index contributed by atoms with van der Waals surface area (Å²) in [4.78, 5) is 42.0. The van der Waals surface area contributed by atoms with Crippen molar-refractivity contribution in [1.82, 2.24) is 19.8 Å². The number of urea groups is 1. The molecule has 0 unspecified atom stereocenters. The highest BCUT2D eigenvalue weighted by Crippen LogP contribution is 2.42. The highest BCUT2D eigenvalue weighted by Gasteiger charge is 2.38. The lowest BCUT2D eigenvalue weighted by atomic mass is 9.99. The van der Waals surface area contributed by atoms with Crippen LogP contribution in [0.25, 0.3) is 20.7 Å². The van der Waals surface area contributed by atoms with Gasteiger partial charge in [-0.2, -0.15) is 0 Å². The zero-order chi connectivity index (χ0) is 23.3. The van der Waals surface area contributed by atoms with Gasteiger partial charge < -0.3 is 14.9 Å². The van der Waals surface area contributed by atoms with Crippen molar-refractivity contribution in [1.29, 1.82) is 0 Å². The molecule has 0 aliphatic carbocycles. The number of piperidine rings is 1. The first-order chi connectivity index (χ1) is 15.8. The molecule has 0 radical (unpaired) electrons. The summed E-state index contributed by atoms with van der Waals surface area (Å²) < 4.78 is 0. The molecule has 0 bridgehead atoms. The minimum atomic E-state index is -1.00. The molecule has 2 aliphatic heterocycles. The molecule has 172 valence electrons. The molecule has 0 spiro atoms. The fourth-order valence-electron chi connectivity index (χ4n) is 4.72. The summed E-state index contributed by atoms with van der Waals surface area (Å²) in [5, 5.41) is 10.6. The number of aromatic nitrogens is 2. The van der Waals surface area contributed by atoms with Crippen molar-refractivity contribution in [2.24, 2.45) is 0 Å². The molecule has 1 fully saturated rings. The van der Waals surface area contributed by atoms with Gasteiger partial charge in [0, 0.05) is 65.7 Å². The Hall–Kier alpha value is -3.04. The summed E-state index contributed by atoms with van der Waals surface area (Å²) in [6.07, 6.45) is 4.09. The number of pyridine rings is 2. The fraction of sp³-hybridized carbons (Fsp3) is 0.417. The van der Waals surface area contributed by atoms with Crippen LogP contribution in [0.3, 0.4) is 0 Å². The normalized spacial score (nSPS) is 18.1. The number of rotatable bonds is 3. The van der Waals surface area contributed by atoms with Gasteiger partial charge in [0.1, 0.15) is 10.9 Å². The Morgan fingerprint density at radius 2 is 1.97 bits per heavy atom. The van der Waals surface area contributed by atoms with Crippen LogP contribution in [0.1, 0.15) is 31.0 Å². The van der Waals surface area contributed by atoms with Crippen LogP contribution in [0.5, 0.6) is 0 Å². The molecule has 0 aromatic carbocycles. The number of aryl methyl sites for hydroxylation is 1. The van der Waals surface area contributed by atoms with Crippen molar-refractivity contribution < 1.29 is 14.7 Å². The number of anilines is 1. The third kappa shape index (κ3) is 3.85. The standard InChI is InChI=1S/C24H27N5O3S/c1-14-4-5-16(11-25-14)20-10-19-21-17(12-26-22(19)33-20)13-27(3)24(32)29(21)18-6-8-28(9-7-18)23(31)15(2)30/h4-5,10-12,15,18,30H,6-9,13H2,1-3H3/t15-/m1/s1. The van der Waals surface area contributed by atoms with Crippen LogP contribution < -0.4 is 4.90 Å². The summed E-state index contributed by atoms with van der Waals surface area (Å²) in [7, 11) is 1.81. The SMILES string of the molecule is Cc1ccc(-c2cc3c4c(cnc3s2)CN(C)C(=O)N4C2CCN(C(=O)[C@@H](C)O)CC2)cn1. The van der Waals surface area contributed by atoms with Gasteiger partial charge in [0.15, 0.2) is 0 Å². The predicted octanol–water partition coefficient (Wildman–Crippen LogP) is 3.41. The zero-order valence-electron chi connectivity index (χ0n) is 19.0. The summed E-state index contributed by atoms with van der Waals surface area (Å²) in [6, 6.07) is 6.13. The summed E-state index contributed by atoms with van der Waals surface area (Å²) in [6.45, 7) is 5.02. The van der Waals surface area contributed by atoms with Crippen LogP contribution in [0.4, 0.5) is 10.5 Å². The second-order valence-electron chi connectivity index (χ2n) is 8.89. The minimum absolute atomic E-state index is 0.0213. The molecule has 5 rings (SSSR count). The molecule has 3 aromatic rings. The van der Waals surface area contributed by atoms with Crippen LogP contribution in [0, 0.1) is 6.92 Å². The van der Waals surface area contributed by atoms with Gasteiger partial charge in [-0.3, -0.25) is 14.7 Å². The molecular weight excluding hydrogens is 438 g/mol. The first-order valence-electron chi connectivity index (χ1n) is 11.2. The third-order valence-electron chi connectivity index (χ3n) is 6.49. The maximum Gasteiger partial charge on any atom is 0.324 e. The van der Waals surface area contributed by atoms with E-state index in [1.165, 1.54) is 6.92 Å². The average molecular weight is 466 g/mol. The Labute approximate surface area is 196 Å². The van der Waals surface area contributed by atoms with E-state index in [2.05, 4.69) is 17.1 Å². The van der Waals surface area contributed by atoms with Crippen LogP contribution in [0.2, 0.25) is 0 Å². The Balaban J connectivity index is 1.53. The average Bonchev–Trinajstić information content (AvgIpc) is 3.25. The van der Waals surface area contributed by atoms with E-state index in [-0.39, 0.29) is 18.0 Å². The Bertz CT molecular complexity index is 1210. The molecule has 3 amide bonds. The Kier molecular flexibility index (Phi) is 5.54. The van der Waals surface area contributed by atoms with E-state index in [1.54, 1.807) is 21.1 Å². The molecule has 5 heterocycles. The number of amides is 3. The van der Waals surface area contributed by atoms with E-state index < -0.39 is 6.10 Å². The highest BCUT2D eigenvalue weighted by molar-refractivity contribution is 7.21. The highest BCUT2D eigenvalue weighted by atomic mass is 32.1. The lowest BCUT2D eigenvalue weighted by molar-refractivity contribution is -0.140. The summed E-state index contributed by atoms with van der Waals surface area (Å²) >= 11 is 1.60. The van der Waals surface area contributed by atoms with Crippen molar-refractivity contribution >= 4 is 39.2 Å². The molecule has 0 saturated carbocycles. The third-order valence-corrected chi connectivity index (χ3v) is 7.58.